The molecule has 0 radical (unpaired) electrons. The first kappa shape index (κ1) is 36.2. The highest BCUT2D eigenvalue weighted by molar-refractivity contribution is 8.00. The number of anilines is 2. The average molecular weight is 742 g/mol. The molecule has 0 saturated carbocycles. The van der Waals surface area contributed by atoms with Gasteiger partial charge in [-0.2, -0.15) is 0 Å². The van der Waals surface area contributed by atoms with Gasteiger partial charge in [0.2, 0.25) is 5.91 Å². The van der Waals surface area contributed by atoms with E-state index in [9.17, 15) is 24.5 Å². The maximum atomic E-state index is 13.7. The molecular weight excluding hydrogens is 711 g/mol. The largest absolute Gasteiger partial charge is 0.497 e. The number of carbonyl (C=O) groups excluding carboxylic acids is 3. The Morgan fingerprint density at radius 1 is 0.830 bits per heavy atom. The molecule has 0 fully saturated rings. The van der Waals surface area contributed by atoms with Crippen LogP contribution in [0.25, 0.3) is 17.3 Å². The molecule has 1 heterocycles. The molecule has 0 aliphatic heterocycles. The maximum Gasteiger partial charge on any atom is 0.276 e. The van der Waals surface area contributed by atoms with Crippen molar-refractivity contribution in [1.29, 1.82) is 0 Å². The van der Waals surface area contributed by atoms with Gasteiger partial charge in [0.15, 0.2) is 5.13 Å². The van der Waals surface area contributed by atoms with Gasteiger partial charge < -0.3 is 20.7 Å². The number of hydrogen-bond acceptors (Lipinski definition) is 9. The quantitative estimate of drug-likeness (QED) is 0.0461. The molecule has 0 saturated heterocycles. The lowest BCUT2D eigenvalue weighted by Crippen LogP contribution is -2.30. The molecule has 3 N–H and O–H groups in total. The lowest BCUT2D eigenvalue weighted by Gasteiger charge is -2.17. The van der Waals surface area contributed by atoms with Crippen molar-refractivity contribution >= 4 is 63.4 Å². The second-order valence-corrected chi connectivity index (χ2v) is 13.4. The van der Waals surface area contributed by atoms with E-state index in [2.05, 4.69) is 20.9 Å². The van der Waals surface area contributed by atoms with Crippen molar-refractivity contribution in [1.82, 2.24) is 10.3 Å². The van der Waals surface area contributed by atoms with E-state index in [0.717, 1.165) is 27.5 Å². The fraction of sp³-hybridized carbons (Fsp3) is 0.0500. The number of nitro benzene ring substituents is 1. The molecule has 5 aromatic carbocycles. The van der Waals surface area contributed by atoms with E-state index >= 15 is 0 Å². The van der Waals surface area contributed by atoms with Gasteiger partial charge in [-0.25, -0.2) is 4.98 Å². The molecule has 0 bridgehead atoms. The monoisotopic (exact) mass is 741 g/mol. The Labute approximate surface area is 312 Å². The first-order valence-electron chi connectivity index (χ1n) is 16.1. The molecule has 0 aliphatic rings. The molecule has 0 spiro atoms. The number of methoxy groups -OCH3 is 1. The number of hydrogen-bond donors (Lipinski definition) is 3. The Morgan fingerprint density at radius 3 is 2.17 bits per heavy atom. The van der Waals surface area contributed by atoms with Crippen molar-refractivity contribution in [3.8, 4) is 17.0 Å². The van der Waals surface area contributed by atoms with Crippen molar-refractivity contribution in [2.24, 2.45) is 0 Å². The van der Waals surface area contributed by atoms with Gasteiger partial charge in [0.25, 0.3) is 17.5 Å². The van der Waals surface area contributed by atoms with Crippen LogP contribution in [-0.4, -0.2) is 34.7 Å². The van der Waals surface area contributed by atoms with Crippen LogP contribution in [-0.2, 0) is 9.59 Å². The van der Waals surface area contributed by atoms with Gasteiger partial charge in [0, 0.05) is 33.2 Å². The van der Waals surface area contributed by atoms with Gasteiger partial charge in [0.05, 0.1) is 23.3 Å². The summed E-state index contributed by atoms with van der Waals surface area (Å²) in [6.07, 6.45) is 1.27. The van der Waals surface area contributed by atoms with Crippen molar-refractivity contribution in [2.75, 3.05) is 17.7 Å². The number of aromatic nitrogens is 1. The molecule has 6 rings (SSSR count). The second kappa shape index (κ2) is 17.1. The minimum atomic E-state index is -0.688. The number of nitro groups is 1. The zero-order valence-electron chi connectivity index (χ0n) is 28.1. The minimum Gasteiger partial charge on any atom is -0.497 e. The van der Waals surface area contributed by atoms with Crippen molar-refractivity contribution in [3.63, 3.8) is 0 Å². The Bertz CT molecular complexity index is 2260. The van der Waals surface area contributed by atoms with Gasteiger partial charge >= 0.3 is 0 Å². The Balaban J connectivity index is 1.18. The van der Waals surface area contributed by atoms with Gasteiger partial charge in [0.1, 0.15) is 16.7 Å². The van der Waals surface area contributed by atoms with Crippen LogP contribution < -0.4 is 20.7 Å². The standard InChI is InChI=1S/C40H31N5O6S2/c1-51-31-20-16-26(17-21-31)34-25-52-40(43-34)44-39(48)36(27-10-4-2-5-11-27)53-32-22-18-30(19-23-32)41-38(47)33(42-37(46)28-12-6-3-7-13-28)24-29-14-8-9-15-35(29)45(49)50/h2-25,36H,1H3,(H,41,47)(H,42,46)(H,43,44,48)/b33-24-. The fourth-order valence-electron chi connectivity index (χ4n) is 5.12. The number of thioether (sulfide) groups is 1. The molecule has 3 amide bonds. The Hall–Kier alpha value is -6.57. The van der Waals surface area contributed by atoms with Crippen LogP contribution in [0.5, 0.6) is 5.75 Å². The number of nitrogens with zero attached hydrogens (tertiary/aromatic N) is 2. The molecule has 53 heavy (non-hydrogen) atoms. The summed E-state index contributed by atoms with van der Waals surface area (Å²) >= 11 is 2.66. The lowest BCUT2D eigenvalue weighted by molar-refractivity contribution is -0.385. The number of carbonyl (C=O) groups is 3. The second-order valence-electron chi connectivity index (χ2n) is 11.3. The highest BCUT2D eigenvalue weighted by Gasteiger charge is 2.24. The topological polar surface area (TPSA) is 153 Å². The molecule has 1 atom stereocenters. The lowest BCUT2D eigenvalue weighted by atomic mass is 10.1. The van der Waals surface area contributed by atoms with E-state index in [1.807, 2.05) is 60.0 Å². The summed E-state index contributed by atoms with van der Waals surface area (Å²) in [4.78, 5) is 56.8. The number of nitrogens with one attached hydrogen (secondary N) is 3. The van der Waals surface area contributed by atoms with Gasteiger partial charge in [-0.1, -0.05) is 60.7 Å². The third kappa shape index (κ3) is 9.41. The van der Waals surface area contributed by atoms with E-state index in [0.29, 0.717) is 16.4 Å². The normalized spacial score (nSPS) is 11.6. The van der Waals surface area contributed by atoms with E-state index in [1.165, 1.54) is 47.4 Å². The van der Waals surface area contributed by atoms with E-state index in [4.69, 9.17) is 4.74 Å². The predicted octanol–water partition coefficient (Wildman–Crippen LogP) is 8.61. The summed E-state index contributed by atoms with van der Waals surface area (Å²) in [5.41, 5.74) is 2.85. The maximum absolute atomic E-state index is 13.7. The molecule has 13 heteroatoms. The number of para-hydroxylation sites is 1. The van der Waals surface area contributed by atoms with Crippen LogP contribution >= 0.6 is 23.1 Å². The summed E-state index contributed by atoms with van der Waals surface area (Å²) < 4.78 is 5.24. The number of rotatable bonds is 13. The molecular formula is C40H31N5O6S2. The number of thiazole rings is 1. The van der Waals surface area contributed by atoms with E-state index < -0.39 is 22.0 Å². The summed E-state index contributed by atoms with van der Waals surface area (Å²) in [7, 11) is 1.61. The van der Waals surface area contributed by atoms with E-state index in [1.54, 1.807) is 67.8 Å². The minimum absolute atomic E-state index is 0.141. The van der Waals surface area contributed by atoms with Gasteiger partial charge in [-0.05, 0) is 78.4 Å². The first-order chi connectivity index (χ1) is 25.8. The number of ether oxygens (including phenoxy) is 1. The molecule has 11 nitrogen and oxygen atoms in total. The molecule has 264 valence electrons. The molecule has 6 aromatic rings. The zero-order chi connectivity index (χ0) is 37.2. The predicted molar refractivity (Wildman–Crippen MR) is 208 cm³/mol. The first-order valence-corrected chi connectivity index (χ1v) is 17.9. The molecule has 1 aromatic heterocycles. The molecule has 0 aliphatic carbocycles. The van der Waals surface area contributed by atoms with E-state index in [-0.39, 0.29) is 22.9 Å². The van der Waals surface area contributed by atoms with Crippen LogP contribution in [0.2, 0.25) is 0 Å². The number of benzene rings is 5. The Kier molecular flexibility index (Phi) is 11.7. The SMILES string of the molecule is COc1ccc(-c2csc(NC(=O)C(Sc3ccc(NC(=O)/C(=C/c4ccccc4[N+](=O)[O-])NC(=O)c4ccccc4)cc3)c3ccccc3)n2)cc1. The smallest absolute Gasteiger partial charge is 0.276 e. The van der Waals surface area contributed by atoms with Gasteiger partial charge in [-0.3, -0.25) is 24.5 Å². The van der Waals surface area contributed by atoms with Crippen LogP contribution in [0.15, 0.2) is 149 Å². The fourth-order valence-corrected chi connectivity index (χ4v) is 6.87. The zero-order valence-corrected chi connectivity index (χ0v) is 29.7. The van der Waals surface area contributed by atoms with Crippen LogP contribution in [0.1, 0.15) is 26.7 Å². The Morgan fingerprint density at radius 2 is 1.49 bits per heavy atom. The van der Waals surface area contributed by atoms with Crippen LogP contribution in [0.3, 0.4) is 0 Å². The molecule has 1 unspecified atom stereocenters. The number of amides is 3. The summed E-state index contributed by atoms with van der Waals surface area (Å²) in [6.45, 7) is 0. The van der Waals surface area contributed by atoms with Gasteiger partial charge in [-0.15, -0.1) is 23.1 Å². The highest BCUT2D eigenvalue weighted by atomic mass is 32.2. The third-order valence-corrected chi connectivity index (χ3v) is 9.81. The average Bonchev–Trinajstić information content (AvgIpc) is 3.66. The summed E-state index contributed by atoms with van der Waals surface area (Å²) in [6, 6.07) is 38.0. The van der Waals surface area contributed by atoms with Crippen LogP contribution in [0.4, 0.5) is 16.5 Å². The van der Waals surface area contributed by atoms with Crippen LogP contribution in [0, 0.1) is 10.1 Å². The van der Waals surface area contributed by atoms with Crippen molar-refractivity contribution in [2.45, 2.75) is 10.1 Å². The van der Waals surface area contributed by atoms with Crippen molar-refractivity contribution in [3.05, 3.63) is 171 Å². The summed E-state index contributed by atoms with van der Waals surface area (Å²) in [5.74, 6) is -0.766. The third-order valence-electron chi connectivity index (χ3n) is 7.79. The summed E-state index contributed by atoms with van der Waals surface area (Å²) in [5, 5.41) is 21.7. The highest BCUT2D eigenvalue weighted by Crippen LogP contribution is 2.37. The van der Waals surface area contributed by atoms with Crippen molar-refractivity contribution < 1.29 is 24.0 Å².